The van der Waals surface area contributed by atoms with Crippen LogP contribution in [0.15, 0.2) is 12.2 Å². The van der Waals surface area contributed by atoms with Crippen molar-refractivity contribution in [3.63, 3.8) is 0 Å². The van der Waals surface area contributed by atoms with Gasteiger partial charge in [0.05, 0.1) is 7.11 Å². The first-order valence-electron chi connectivity index (χ1n) is 5.19. The van der Waals surface area contributed by atoms with Crippen molar-refractivity contribution in [3.8, 4) is 0 Å². The number of esters is 1. The van der Waals surface area contributed by atoms with Gasteiger partial charge in [0.2, 0.25) is 0 Å². The molecule has 0 spiro atoms. The summed E-state index contributed by atoms with van der Waals surface area (Å²) >= 11 is 0. The van der Waals surface area contributed by atoms with Crippen LogP contribution in [-0.2, 0) is 9.53 Å². The van der Waals surface area contributed by atoms with E-state index in [1.165, 1.54) is 19.1 Å². The normalized spacial score (nSPS) is 44.8. The molecule has 0 radical (unpaired) electrons. The number of rotatable bonds is 1. The lowest BCUT2D eigenvalue weighted by Crippen LogP contribution is -2.48. The molecule has 76 valence electrons. The number of carbonyl (C=O) groups excluding carboxylic acids is 1. The molecule has 3 rings (SSSR count). The zero-order valence-corrected chi connectivity index (χ0v) is 8.45. The number of fused-ring (bicyclic) bond motifs is 3. The Balaban J connectivity index is 1.96. The van der Waals surface area contributed by atoms with Crippen LogP contribution < -0.4 is 0 Å². The van der Waals surface area contributed by atoms with Crippen LogP contribution in [0.2, 0.25) is 0 Å². The molecule has 0 N–H and O–H groups in total. The highest BCUT2D eigenvalue weighted by Gasteiger charge is 2.65. The van der Waals surface area contributed by atoms with E-state index in [1.807, 2.05) is 0 Å². The van der Waals surface area contributed by atoms with Crippen LogP contribution in [0.5, 0.6) is 0 Å². The fourth-order valence-corrected chi connectivity index (χ4v) is 3.32. The van der Waals surface area contributed by atoms with E-state index in [9.17, 15) is 4.79 Å². The number of methoxy groups -OCH3 is 1. The molecule has 3 fully saturated rings. The van der Waals surface area contributed by atoms with E-state index in [0.717, 1.165) is 25.3 Å². The Hall–Kier alpha value is -0.830. The summed E-state index contributed by atoms with van der Waals surface area (Å²) in [6.07, 6.45) is 3.07. The van der Waals surface area contributed by atoms with Gasteiger partial charge < -0.3 is 4.74 Å². The Morgan fingerprint density at radius 1 is 1.71 bits per heavy atom. The predicted octanol–water partition coefficient (Wildman–Crippen LogP) is 0.952. The molecule has 1 aliphatic carbocycles. The van der Waals surface area contributed by atoms with Gasteiger partial charge >= 0.3 is 5.97 Å². The maximum absolute atomic E-state index is 11.8. The predicted molar refractivity (Wildman–Crippen MR) is 51.7 cm³/mol. The molecular weight excluding hydrogens is 178 g/mol. The van der Waals surface area contributed by atoms with E-state index < -0.39 is 0 Å². The third-order valence-corrected chi connectivity index (χ3v) is 3.94. The van der Waals surface area contributed by atoms with Crippen LogP contribution in [0.25, 0.3) is 0 Å². The molecule has 1 unspecified atom stereocenters. The molecule has 1 saturated carbocycles. The van der Waals surface area contributed by atoms with Crippen molar-refractivity contribution >= 4 is 5.97 Å². The number of ether oxygens (including phenoxy) is 1. The third kappa shape index (κ3) is 0.836. The van der Waals surface area contributed by atoms with Crippen molar-refractivity contribution < 1.29 is 9.53 Å². The summed E-state index contributed by atoms with van der Waals surface area (Å²) in [4.78, 5) is 14.1. The van der Waals surface area contributed by atoms with E-state index in [1.54, 1.807) is 0 Å². The second kappa shape index (κ2) is 2.40. The average Bonchev–Trinajstić information content (AvgIpc) is 2.72. The van der Waals surface area contributed by atoms with Crippen LogP contribution in [0, 0.1) is 5.92 Å². The van der Waals surface area contributed by atoms with Gasteiger partial charge in [-0.1, -0.05) is 12.2 Å². The topological polar surface area (TPSA) is 29.5 Å². The van der Waals surface area contributed by atoms with Crippen LogP contribution in [0.1, 0.15) is 19.3 Å². The Bertz CT molecular complexity index is 325. The lowest BCUT2D eigenvalue weighted by atomic mass is 9.91. The first-order valence-corrected chi connectivity index (χ1v) is 5.19. The molecule has 14 heavy (non-hydrogen) atoms. The molecule has 0 amide bonds. The standard InChI is InChI=1S/C11H15NO2/c1-7-4-11(10(13)14-2)5-8-3-9(8)12(11)6-7/h8-9H,1,3-6H2,2H3/t8-,9-,11?/m1/s1. The highest BCUT2D eigenvalue weighted by molar-refractivity contribution is 5.83. The zero-order chi connectivity index (χ0) is 9.92. The van der Waals surface area contributed by atoms with Gasteiger partial charge in [0.1, 0.15) is 5.54 Å². The maximum atomic E-state index is 11.8. The number of piperidine rings is 1. The molecule has 3 nitrogen and oxygen atoms in total. The molecule has 2 saturated heterocycles. The van der Waals surface area contributed by atoms with Gasteiger partial charge in [-0.25, -0.2) is 0 Å². The van der Waals surface area contributed by atoms with Gasteiger partial charge in [-0.15, -0.1) is 0 Å². The summed E-state index contributed by atoms with van der Waals surface area (Å²) in [6, 6.07) is 0.647. The Morgan fingerprint density at radius 2 is 2.50 bits per heavy atom. The van der Waals surface area contributed by atoms with E-state index >= 15 is 0 Å². The molecule has 0 aromatic carbocycles. The maximum Gasteiger partial charge on any atom is 0.326 e. The molecule has 3 heteroatoms. The highest BCUT2D eigenvalue weighted by Crippen LogP contribution is 2.57. The summed E-state index contributed by atoms with van der Waals surface area (Å²) < 4.78 is 4.93. The van der Waals surface area contributed by atoms with Crippen molar-refractivity contribution in [3.05, 3.63) is 12.2 Å². The quantitative estimate of drug-likeness (QED) is 0.459. The Kier molecular flexibility index (Phi) is 1.45. The number of hydrogen-bond acceptors (Lipinski definition) is 3. The molecular formula is C11H15NO2. The lowest BCUT2D eigenvalue weighted by Gasteiger charge is -2.30. The second-order valence-electron chi connectivity index (χ2n) is 4.85. The molecule has 3 atom stereocenters. The highest BCUT2D eigenvalue weighted by atomic mass is 16.5. The van der Waals surface area contributed by atoms with Gasteiger partial charge in [-0.2, -0.15) is 0 Å². The number of nitrogens with zero attached hydrogens (tertiary/aromatic N) is 1. The molecule has 0 bridgehead atoms. The minimum atomic E-state index is -0.320. The zero-order valence-electron chi connectivity index (χ0n) is 8.45. The summed E-state index contributed by atoms with van der Waals surface area (Å²) in [5.74, 6) is 0.700. The number of hydrogen-bond donors (Lipinski definition) is 0. The van der Waals surface area contributed by atoms with Gasteiger partial charge in [-0.3, -0.25) is 9.69 Å². The van der Waals surface area contributed by atoms with Gasteiger partial charge in [0.25, 0.3) is 0 Å². The lowest BCUT2D eigenvalue weighted by molar-refractivity contribution is -0.152. The Morgan fingerprint density at radius 3 is 3.21 bits per heavy atom. The third-order valence-electron chi connectivity index (χ3n) is 3.94. The minimum absolute atomic E-state index is 0.0525. The summed E-state index contributed by atoms with van der Waals surface area (Å²) in [6.45, 7) is 4.90. The van der Waals surface area contributed by atoms with Crippen LogP contribution in [0.4, 0.5) is 0 Å². The van der Waals surface area contributed by atoms with E-state index in [2.05, 4.69) is 11.5 Å². The van der Waals surface area contributed by atoms with Crippen LogP contribution in [-0.4, -0.2) is 36.1 Å². The summed E-state index contributed by atoms with van der Waals surface area (Å²) in [7, 11) is 1.49. The minimum Gasteiger partial charge on any atom is -0.468 e. The molecule has 2 aliphatic heterocycles. The smallest absolute Gasteiger partial charge is 0.326 e. The van der Waals surface area contributed by atoms with Gasteiger partial charge in [-0.05, 0) is 25.2 Å². The van der Waals surface area contributed by atoms with Crippen molar-refractivity contribution in [1.29, 1.82) is 0 Å². The first kappa shape index (κ1) is 8.48. The number of carbonyl (C=O) groups is 1. The fraction of sp³-hybridized carbons (Fsp3) is 0.727. The fourth-order valence-electron chi connectivity index (χ4n) is 3.32. The van der Waals surface area contributed by atoms with Crippen molar-refractivity contribution in [1.82, 2.24) is 4.90 Å². The van der Waals surface area contributed by atoms with Crippen molar-refractivity contribution in [2.45, 2.75) is 30.8 Å². The van der Waals surface area contributed by atoms with E-state index in [4.69, 9.17) is 4.74 Å². The molecule has 2 heterocycles. The van der Waals surface area contributed by atoms with Gasteiger partial charge in [0, 0.05) is 12.6 Å². The van der Waals surface area contributed by atoms with Crippen LogP contribution in [0.3, 0.4) is 0 Å². The Labute approximate surface area is 83.7 Å². The summed E-state index contributed by atoms with van der Waals surface area (Å²) in [5, 5.41) is 0. The first-order chi connectivity index (χ1) is 6.67. The van der Waals surface area contributed by atoms with Gasteiger partial charge in [0.15, 0.2) is 0 Å². The van der Waals surface area contributed by atoms with E-state index in [0.29, 0.717) is 6.04 Å². The van der Waals surface area contributed by atoms with Crippen molar-refractivity contribution in [2.24, 2.45) is 5.92 Å². The van der Waals surface area contributed by atoms with Crippen molar-refractivity contribution in [2.75, 3.05) is 13.7 Å². The SMILES string of the molecule is C=C1CN2[C@@H]3C[C@@H]3CC2(C(=O)OC)C1. The molecule has 0 aromatic rings. The molecule has 0 aromatic heterocycles. The van der Waals surface area contributed by atoms with Crippen LogP contribution >= 0.6 is 0 Å². The molecule has 3 aliphatic rings. The second-order valence-corrected chi connectivity index (χ2v) is 4.85. The average molecular weight is 193 g/mol. The van der Waals surface area contributed by atoms with E-state index in [-0.39, 0.29) is 11.5 Å². The largest absolute Gasteiger partial charge is 0.468 e. The summed E-state index contributed by atoms with van der Waals surface area (Å²) in [5.41, 5.74) is 0.861. The monoisotopic (exact) mass is 193 g/mol.